The second-order valence-electron chi connectivity index (χ2n) is 5.44. The lowest BCUT2D eigenvalue weighted by Crippen LogP contribution is -2.40. The van der Waals surface area contributed by atoms with E-state index in [1.54, 1.807) is 7.05 Å². The van der Waals surface area contributed by atoms with Crippen molar-refractivity contribution in [3.05, 3.63) is 0 Å². The zero-order chi connectivity index (χ0) is 12.7. The van der Waals surface area contributed by atoms with Crippen LogP contribution >= 0.6 is 0 Å². The largest absolute Gasteiger partial charge is 0.355 e. The zero-order valence-electron chi connectivity index (χ0n) is 11.5. The highest BCUT2D eigenvalue weighted by atomic mass is 16.1. The quantitative estimate of drug-likeness (QED) is 0.673. The number of carbonyl (C=O) groups excluding carboxylic acids is 1. The van der Waals surface area contributed by atoms with Gasteiger partial charge in [-0.1, -0.05) is 13.8 Å². The summed E-state index contributed by atoms with van der Waals surface area (Å²) in [6.07, 6.45) is 2.41. The maximum Gasteiger partial charge on any atom is 0.233 e. The molecule has 2 N–H and O–H groups in total. The smallest absolute Gasteiger partial charge is 0.233 e. The SMILES string of the molecule is CNCC(=O)NCCCN1CC(C)CC(C)C1. The molecule has 0 saturated carbocycles. The molecule has 1 heterocycles. The van der Waals surface area contributed by atoms with E-state index in [2.05, 4.69) is 29.4 Å². The highest BCUT2D eigenvalue weighted by Crippen LogP contribution is 2.20. The summed E-state index contributed by atoms with van der Waals surface area (Å²) in [4.78, 5) is 13.7. The molecular weight excluding hydrogens is 214 g/mol. The van der Waals surface area contributed by atoms with Crippen LogP contribution in [0, 0.1) is 11.8 Å². The van der Waals surface area contributed by atoms with Gasteiger partial charge in [0.15, 0.2) is 0 Å². The molecule has 1 saturated heterocycles. The zero-order valence-corrected chi connectivity index (χ0v) is 11.5. The maximum absolute atomic E-state index is 11.2. The average Bonchev–Trinajstić information content (AvgIpc) is 2.23. The van der Waals surface area contributed by atoms with Gasteiger partial charge in [0.2, 0.25) is 5.91 Å². The third-order valence-electron chi connectivity index (χ3n) is 3.26. The van der Waals surface area contributed by atoms with Crippen molar-refractivity contribution >= 4 is 5.91 Å². The molecule has 1 aliphatic heterocycles. The molecule has 0 spiro atoms. The Morgan fingerprint density at radius 1 is 1.29 bits per heavy atom. The van der Waals surface area contributed by atoms with Crippen LogP contribution in [0.2, 0.25) is 0 Å². The molecule has 1 rings (SSSR count). The van der Waals surface area contributed by atoms with Crippen LogP contribution in [0.25, 0.3) is 0 Å². The summed E-state index contributed by atoms with van der Waals surface area (Å²) < 4.78 is 0. The minimum atomic E-state index is 0.0906. The van der Waals surface area contributed by atoms with Crippen LogP contribution in [0.5, 0.6) is 0 Å². The highest BCUT2D eigenvalue weighted by molar-refractivity contribution is 5.77. The van der Waals surface area contributed by atoms with E-state index in [-0.39, 0.29) is 5.91 Å². The Kier molecular flexibility index (Phi) is 6.52. The molecule has 2 unspecified atom stereocenters. The number of likely N-dealkylation sites (tertiary alicyclic amines) is 1. The number of hydrogen-bond donors (Lipinski definition) is 2. The summed E-state index contributed by atoms with van der Waals surface area (Å²) in [5, 5.41) is 5.76. The first-order chi connectivity index (χ1) is 8.11. The molecule has 1 fully saturated rings. The van der Waals surface area contributed by atoms with Gasteiger partial charge in [0, 0.05) is 19.6 Å². The van der Waals surface area contributed by atoms with Gasteiger partial charge in [-0.05, 0) is 38.3 Å². The van der Waals surface area contributed by atoms with Crippen molar-refractivity contribution in [1.82, 2.24) is 15.5 Å². The van der Waals surface area contributed by atoms with Crippen molar-refractivity contribution in [3.63, 3.8) is 0 Å². The lowest BCUT2D eigenvalue weighted by Gasteiger charge is -2.34. The molecule has 0 bridgehead atoms. The number of carbonyl (C=O) groups is 1. The molecule has 17 heavy (non-hydrogen) atoms. The van der Waals surface area contributed by atoms with Crippen molar-refractivity contribution in [3.8, 4) is 0 Å². The van der Waals surface area contributed by atoms with Gasteiger partial charge < -0.3 is 15.5 Å². The Morgan fingerprint density at radius 3 is 2.53 bits per heavy atom. The standard InChI is InChI=1S/C13H27N3O/c1-11-7-12(2)10-16(9-11)6-4-5-15-13(17)8-14-3/h11-12,14H,4-10H2,1-3H3,(H,15,17). The van der Waals surface area contributed by atoms with Crippen LogP contribution in [0.4, 0.5) is 0 Å². The molecule has 0 aromatic heterocycles. The van der Waals surface area contributed by atoms with Crippen molar-refractivity contribution in [2.45, 2.75) is 26.7 Å². The fourth-order valence-corrected chi connectivity index (χ4v) is 2.73. The Hall–Kier alpha value is -0.610. The van der Waals surface area contributed by atoms with Gasteiger partial charge in [-0.2, -0.15) is 0 Å². The predicted octanol–water partition coefficient (Wildman–Crippen LogP) is 0.690. The summed E-state index contributed by atoms with van der Waals surface area (Å²) in [6.45, 7) is 9.41. The summed E-state index contributed by atoms with van der Waals surface area (Å²) >= 11 is 0. The Labute approximate surface area is 105 Å². The minimum Gasteiger partial charge on any atom is -0.355 e. The number of amides is 1. The lowest BCUT2D eigenvalue weighted by molar-refractivity contribution is -0.120. The van der Waals surface area contributed by atoms with Crippen LogP contribution < -0.4 is 10.6 Å². The van der Waals surface area contributed by atoms with Gasteiger partial charge in [0.05, 0.1) is 6.54 Å². The highest BCUT2D eigenvalue weighted by Gasteiger charge is 2.20. The number of likely N-dealkylation sites (N-methyl/N-ethyl adjacent to an activating group) is 1. The van der Waals surface area contributed by atoms with Crippen LogP contribution in [0.15, 0.2) is 0 Å². The van der Waals surface area contributed by atoms with E-state index in [1.807, 2.05) is 0 Å². The van der Waals surface area contributed by atoms with Gasteiger partial charge in [-0.3, -0.25) is 4.79 Å². The van der Waals surface area contributed by atoms with Gasteiger partial charge in [0.25, 0.3) is 0 Å². The molecule has 0 radical (unpaired) electrons. The van der Waals surface area contributed by atoms with Crippen LogP contribution in [-0.2, 0) is 4.79 Å². The van der Waals surface area contributed by atoms with Crippen LogP contribution in [0.1, 0.15) is 26.7 Å². The lowest BCUT2D eigenvalue weighted by atomic mass is 9.92. The van der Waals surface area contributed by atoms with Gasteiger partial charge in [-0.15, -0.1) is 0 Å². The topological polar surface area (TPSA) is 44.4 Å². The maximum atomic E-state index is 11.2. The molecule has 1 aliphatic rings. The fraction of sp³-hybridized carbons (Fsp3) is 0.923. The van der Waals surface area contributed by atoms with E-state index in [0.29, 0.717) is 6.54 Å². The summed E-state index contributed by atoms with van der Waals surface area (Å²) in [5.41, 5.74) is 0. The summed E-state index contributed by atoms with van der Waals surface area (Å²) in [6, 6.07) is 0. The normalized spacial score (nSPS) is 25.8. The first-order valence-corrected chi connectivity index (χ1v) is 6.75. The average molecular weight is 241 g/mol. The Bertz CT molecular complexity index is 223. The van der Waals surface area contributed by atoms with Crippen molar-refractivity contribution in [2.75, 3.05) is 39.8 Å². The van der Waals surface area contributed by atoms with E-state index >= 15 is 0 Å². The number of rotatable bonds is 6. The van der Waals surface area contributed by atoms with Gasteiger partial charge in [-0.25, -0.2) is 0 Å². The van der Waals surface area contributed by atoms with E-state index < -0.39 is 0 Å². The minimum absolute atomic E-state index is 0.0906. The van der Waals surface area contributed by atoms with Crippen LogP contribution in [0.3, 0.4) is 0 Å². The van der Waals surface area contributed by atoms with E-state index in [0.717, 1.165) is 31.3 Å². The molecular formula is C13H27N3O. The molecule has 4 heteroatoms. The van der Waals surface area contributed by atoms with Crippen molar-refractivity contribution < 1.29 is 4.79 Å². The Balaban J connectivity index is 2.08. The first-order valence-electron chi connectivity index (χ1n) is 6.75. The second kappa shape index (κ2) is 7.67. The molecule has 4 nitrogen and oxygen atoms in total. The fourth-order valence-electron chi connectivity index (χ4n) is 2.73. The molecule has 1 amide bonds. The molecule has 0 aliphatic carbocycles. The van der Waals surface area contributed by atoms with Crippen molar-refractivity contribution in [2.24, 2.45) is 11.8 Å². The number of hydrogen-bond acceptors (Lipinski definition) is 3. The van der Waals surface area contributed by atoms with Gasteiger partial charge >= 0.3 is 0 Å². The summed E-state index contributed by atoms with van der Waals surface area (Å²) in [7, 11) is 1.79. The molecule has 0 aromatic carbocycles. The molecule has 0 aromatic rings. The molecule has 100 valence electrons. The molecule has 2 atom stereocenters. The Morgan fingerprint density at radius 2 is 1.94 bits per heavy atom. The van der Waals surface area contributed by atoms with E-state index in [9.17, 15) is 4.79 Å². The monoisotopic (exact) mass is 241 g/mol. The summed E-state index contributed by atoms with van der Waals surface area (Å²) in [5.74, 6) is 1.73. The second-order valence-corrected chi connectivity index (χ2v) is 5.44. The van der Waals surface area contributed by atoms with Gasteiger partial charge in [0.1, 0.15) is 0 Å². The number of nitrogens with zero attached hydrogens (tertiary/aromatic N) is 1. The van der Waals surface area contributed by atoms with Crippen LogP contribution in [-0.4, -0.2) is 50.6 Å². The third kappa shape index (κ3) is 6.03. The van der Waals surface area contributed by atoms with E-state index in [1.165, 1.54) is 19.5 Å². The van der Waals surface area contributed by atoms with E-state index in [4.69, 9.17) is 0 Å². The third-order valence-corrected chi connectivity index (χ3v) is 3.26. The number of nitrogens with one attached hydrogen (secondary N) is 2. The number of piperidine rings is 1. The first kappa shape index (κ1) is 14.5. The van der Waals surface area contributed by atoms with Crippen molar-refractivity contribution in [1.29, 1.82) is 0 Å². The predicted molar refractivity (Wildman–Crippen MR) is 70.9 cm³/mol.